The van der Waals surface area contributed by atoms with Crippen LogP contribution in [0.15, 0.2) is 12.1 Å². The summed E-state index contributed by atoms with van der Waals surface area (Å²) in [6.45, 7) is 5.81. The highest BCUT2D eigenvalue weighted by molar-refractivity contribution is 6.31. The van der Waals surface area contributed by atoms with Crippen LogP contribution < -0.4 is 0 Å². The molecule has 1 aliphatic carbocycles. The maximum absolute atomic E-state index is 13.9. The molecule has 1 N–H and O–H groups in total. The monoisotopic (exact) mass is 242 g/mol. The highest BCUT2D eigenvalue weighted by Crippen LogP contribution is 2.48. The molecule has 0 aromatic heterocycles. The normalized spacial score (nSPS) is 18.6. The SMILES string of the molecule is CC(C)(C)c1cc(Cl)c(C2(O)CC2)cc1F. The molecule has 1 saturated carbocycles. The predicted molar refractivity (Wildman–Crippen MR) is 63.2 cm³/mol. The van der Waals surface area contributed by atoms with E-state index < -0.39 is 5.60 Å². The summed E-state index contributed by atoms with van der Waals surface area (Å²) in [5, 5.41) is 10.4. The molecule has 0 saturated heterocycles. The third kappa shape index (κ3) is 1.96. The lowest BCUT2D eigenvalue weighted by atomic mass is 9.85. The van der Waals surface area contributed by atoms with Gasteiger partial charge in [-0.2, -0.15) is 0 Å². The van der Waals surface area contributed by atoms with E-state index in [0.29, 0.717) is 29.0 Å². The van der Waals surface area contributed by atoms with Crippen LogP contribution in [0.3, 0.4) is 0 Å². The maximum Gasteiger partial charge on any atom is 0.127 e. The molecule has 1 aliphatic rings. The van der Waals surface area contributed by atoms with Crippen LogP contribution in [0.5, 0.6) is 0 Å². The van der Waals surface area contributed by atoms with Gasteiger partial charge in [0.2, 0.25) is 0 Å². The first-order chi connectivity index (χ1) is 7.24. The summed E-state index contributed by atoms with van der Waals surface area (Å²) in [5.74, 6) is -0.285. The van der Waals surface area contributed by atoms with Crippen LogP contribution in [-0.4, -0.2) is 5.11 Å². The average molecular weight is 243 g/mol. The molecule has 0 aliphatic heterocycles. The minimum atomic E-state index is -0.881. The van der Waals surface area contributed by atoms with Crippen molar-refractivity contribution < 1.29 is 9.50 Å². The van der Waals surface area contributed by atoms with Crippen LogP contribution in [0.4, 0.5) is 4.39 Å². The van der Waals surface area contributed by atoms with Crippen molar-refractivity contribution in [2.75, 3.05) is 0 Å². The Kier molecular flexibility index (Phi) is 2.56. The largest absolute Gasteiger partial charge is 0.385 e. The molecule has 16 heavy (non-hydrogen) atoms. The van der Waals surface area contributed by atoms with Crippen LogP contribution in [0.25, 0.3) is 0 Å². The van der Waals surface area contributed by atoms with Crippen LogP contribution in [0, 0.1) is 5.82 Å². The van der Waals surface area contributed by atoms with Gasteiger partial charge in [-0.1, -0.05) is 32.4 Å². The molecule has 3 heteroatoms. The van der Waals surface area contributed by atoms with Gasteiger partial charge >= 0.3 is 0 Å². The van der Waals surface area contributed by atoms with Gasteiger partial charge in [0, 0.05) is 10.6 Å². The van der Waals surface area contributed by atoms with Gasteiger partial charge < -0.3 is 5.11 Å². The Morgan fingerprint density at radius 2 is 1.88 bits per heavy atom. The van der Waals surface area contributed by atoms with Gasteiger partial charge in [-0.25, -0.2) is 4.39 Å². The molecule has 0 atom stereocenters. The number of hydrogen-bond donors (Lipinski definition) is 1. The highest BCUT2D eigenvalue weighted by atomic mass is 35.5. The fraction of sp³-hybridized carbons (Fsp3) is 0.538. The van der Waals surface area contributed by atoms with Gasteiger partial charge in [-0.05, 0) is 36.0 Å². The Hall–Kier alpha value is -0.600. The van der Waals surface area contributed by atoms with Crippen molar-refractivity contribution in [3.8, 4) is 0 Å². The third-order valence-electron chi connectivity index (χ3n) is 3.09. The molecule has 0 heterocycles. The molecule has 0 unspecified atom stereocenters. The summed E-state index contributed by atoms with van der Waals surface area (Å²) in [6.07, 6.45) is 1.34. The van der Waals surface area contributed by atoms with Crippen molar-refractivity contribution in [3.05, 3.63) is 34.1 Å². The van der Waals surface area contributed by atoms with Crippen molar-refractivity contribution in [2.45, 2.75) is 44.6 Å². The first-order valence-electron chi connectivity index (χ1n) is 5.46. The summed E-state index contributed by atoms with van der Waals surface area (Å²) in [6, 6.07) is 3.03. The molecule has 1 aromatic carbocycles. The van der Waals surface area contributed by atoms with E-state index in [1.165, 1.54) is 6.07 Å². The lowest BCUT2D eigenvalue weighted by Crippen LogP contribution is -2.15. The zero-order chi connectivity index (χ0) is 12.1. The van der Waals surface area contributed by atoms with Crippen LogP contribution >= 0.6 is 11.6 Å². The number of hydrogen-bond acceptors (Lipinski definition) is 1. The fourth-order valence-corrected chi connectivity index (χ4v) is 2.21. The lowest BCUT2D eigenvalue weighted by Gasteiger charge is -2.22. The van der Waals surface area contributed by atoms with Crippen molar-refractivity contribution in [1.82, 2.24) is 0 Å². The maximum atomic E-state index is 13.9. The minimum absolute atomic E-state index is 0.279. The van der Waals surface area contributed by atoms with Gasteiger partial charge in [0.15, 0.2) is 0 Å². The summed E-state index contributed by atoms with van der Waals surface area (Å²) in [7, 11) is 0. The van der Waals surface area contributed by atoms with E-state index in [9.17, 15) is 9.50 Å². The highest BCUT2D eigenvalue weighted by Gasteiger charge is 2.44. The Balaban J connectivity index is 2.52. The second kappa shape index (κ2) is 3.44. The van der Waals surface area contributed by atoms with Crippen LogP contribution in [0.2, 0.25) is 5.02 Å². The number of aliphatic hydroxyl groups is 1. The molecular weight excluding hydrogens is 227 g/mol. The van der Waals surface area contributed by atoms with Gasteiger partial charge in [-0.15, -0.1) is 0 Å². The van der Waals surface area contributed by atoms with Gasteiger partial charge in [0.25, 0.3) is 0 Å². The zero-order valence-corrected chi connectivity index (χ0v) is 10.5. The summed E-state index contributed by atoms with van der Waals surface area (Å²) in [4.78, 5) is 0. The molecule has 0 bridgehead atoms. The molecule has 1 fully saturated rings. The van der Waals surface area contributed by atoms with Gasteiger partial charge in [0.1, 0.15) is 5.82 Å². The molecule has 2 rings (SSSR count). The molecule has 0 amide bonds. The first-order valence-corrected chi connectivity index (χ1v) is 5.84. The zero-order valence-electron chi connectivity index (χ0n) is 9.77. The third-order valence-corrected chi connectivity index (χ3v) is 3.40. The Morgan fingerprint density at radius 3 is 2.31 bits per heavy atom. The smallest absolute Gasteiger partial charge is 0.127 e. The van der Waals surface area contributed by atoms with E-state index in [-0.39, 0.29) is 11.2 Å². The fourth-order valence-electron chi connectivity index (χ4n) is 1.87. The lowest BCUT2D eigenvalue weighted by molar-refractivity contribution is 0.151. The van der Waals surface area contributed by atoms with E-state index in [1.807, 2.05) is 20.8 Å². The van der Waals surface area contributed by atoms with Gasteiger partial charge in [0.05, 0.1) is 5.60 Å². The number of halogens is 2. The van der Waals surface area contributed by atoms with E-state index in [4.69, 9.17) is 11.6 Å². The molecule has 1 aromatic rings. The van der Waals surface area contributed by atoms with Crippen molar-refractivity contribution in [1.29, 1.82) is 0 Å². The van der Waals surface area contributed by atoms with Crippen molar-refractivity contribution in [2.24, 2.45) is 0 Å². The number of rotatable bonds is 1. The Morgan fingerprint density at radius 1 is 1.31 bits per heavy atom. The standard InChI is InChI=1S/C13H16ClFO/c1-12(2,3)9-6-10(14)8(7-11(9)15)13(16)4-5-13/h6-7,16H,4-5H2,1-3H3. The van der Waals surface area contributed by atoms with Crippen LogP contribution in [0.1, 0.15) is 44.7 Å². The second-order valence-corrected chi connectivity index (χ2v) is 6.00. The van der Waals surface area contributed by atoms with E-state index >= 15 is 0 Å². The molecular formula is C13H16ClFO. The predicted octanol–water partition coefficient (Wildman–Crippen LogP) is 3.76. The average Bonchev–Trinajstić information content (AvgIpc) is 2.86. The Labute approximate surface area is 100 Å². The molecule has 1 nitrogen and oxygen atoms in total. The first kappa shape index (κ1) is 11.9. The number of benzene rings is 1. The minimum Gasteiger partial charge on any atom is -0.385 e. The van der Waals surface area contributed by atoms with E-state index in [2.05, 4.69) is 0 Å². The topological polar surface area (TPSA) is 20.2 Å². The second-order valence-electron chi connectivity index (χ2n) is 5.59. The van der Waals surface area contributed by atoms with Crippen molar-refractivity contribution in [3.63, 3.8) is 0 Å². The Bertz CT molecular complexity index is 399. The quantitative estimate of drug-likeness (QED) is 0.795. The summed E-state index contributed by atoms with van der Waals surface area (Å²) in [5.41, 5.74) is -0.0441. The molecule has 88 valence electrons. The molecule has 0 radical (unpaired) electrons. The molecule has 0 spiro atoms. The van der Waals surface area contributed by atoms with E-state index in [1.54, 1.807) is 6.07 Å². The van der Waals surface area contributed by atoms with Crippen LogP contribution in [-0.2, 0) is 11.0 Å². The van der Waals surface area contributed by atoms with E-state index in [0.717, 1.165) is 0 Å². The van der Waals surface area contributed by atoms with Gasteiger partial charge in [-0.3, -0.25) is 0 Å². The summed E-state index contributed by atoms with van der Waals surface area (Å²) < 4.78 is 13.9. The summed E-state index contributed by atoms with van der Waals surface area (Å²) >= 11 is 6.11. The van der Waals surface area contributed by atoms with Crippen molar-refractivity contribution >= 4 is 11.6 Å².